The van der Waals surface area contributed by atoms with Crippen LogP contribution in [-0.2, 0) is 11.2 Å². The molecule has 0 aliphatic rings. The van der Waals surface area contributed by atoms with Gasteiger partial charge in [0.2, 0.25) is 17.7 Å². The third-order valence-corrected chi connectivity index (χ3v) is 4.19. The van der Waals surface area contributed by atoms with Crippen molar-refractivity contribution in [2.45, 2.75) is 12.8 Å². The van der Waals surface area contributed by atoms with E-state index in [0.717, 1.165) is 5.56 Å². The van der Waals surface area contributed by atoms with Crippen LogP contribution in [0.2, 0.25) is 0 Å². The van der Waals surface area contributed by atoms with Crippen LogP contribution in [0.15, 0.2) is 89.3 Å². The van der Waals surface area contributed by atoms with Crippen LogP contribution >= 0.6 is 0 Å². The van der Waals surface area contributed by atoms with Crippen molar-refractivity contribution in [1.29, 1.82) is 0 Å². The highest BCUT2D eigenvalue weighted by Crippen LogP contribution is 2.29. The second-order valence-corrected chi connectivity index (χ2v) is 6.33. The zero-order valence-corrected chi connectivity index (χ0v) is 15.6. The number of rotatable bonds is 7. The molecule has 0 unspecified atom stereocenters. The summed E-state index contributed by atoms with van der Waals surface area (Å²) in [4.78, 5) is 12.4. The number of carbonyl (C=O) groups is 1. The van der Waals surface area contributed by atoms with Crippen LogP contribution in [0.1, 0.15) is 12.3 Å². The summed E-state index contributed by atoms with van der Waals surface area (Å²) in [6.45, 7) is 0. The van der Waals surface area contributed by atoms with Gasteiger partial charge in [0.25, 0.3) is 0 Å². The molecule has 6 nitrogen and oxygen atoms in total. The first kappa shape index (κ1) is 18.4. The average Bonchev–Trinajstić information content (AvgIpc) is 3.24. The van der Waals surface area contributed by atoms with E-state index in [9.17, 15) is 4.79 Å². The maximum atomic E-state index is 12.4. The van der Waals surface area contributed by atoms with Crippen molar-refractivity contribution in [3.63, 3.8) is 0 Å². The van der Waals surface area contributed by atoms with Crippen LogP contribution in [0, 0.1) is 0 Å². The van der Waals surface area contributed by atoms with Crippen molar-refractivity contribution in [2.24, 2.45) is 0 Å². The summed E-state index contributed by atoms with van der Waals surface area (Å²) in [6.07, 6.45) is 0.573. The lowest BCUT2D eigenvalue weighted by molar-refractivity contribution is -0.116. The molecule has 0 spiro atoms. The number of carbonyl (C=O) groups excluding carboxylic acids is 1. The van der Waals surface area contributed by atoms with Gasteiger partial charge in [0, 0.05) is 18.4 Å². The first-order valence-corrected chi connectivity index (χ1v) is 9.27. The number of benzene rings is 3. The van der Waals surface area contributed by atoms with E-state index in [0.29, 0.717) is 35.4 Å². The Hall–Kier alpha value is -3.93. The predicted molar refractivity (Wildman–Crippen MR) is 110 cm³/mol. The van der Waals surface area contributed by atoms with Crippen LogP contribution in [-0.4, -0.2) is 16.1 Å². The maximum absolute atomic E-state index is 12.4. The molecule has 1 aromatic heterocycles. The second-order valence-electron chi connectivity index (χ2n) is 6.33. The van der Waals surface area contributed by atoms with Gasteiger partial charge in [-0.25, -0.2) is 0 Å². The monoisotopic (exact) mass is 385 g/mol. The van der Waals surface area contributed by atoms with Crippen molar-refractivity contribution in [2.75, 3.05) is 5.32 Å². The number of hydrogen-bond donors (Lipinski definition) is 1. The summed E-state index contributed by atoms with van der Waals surface area (Å²) >= 11 is 0. The van der Waals surface area contributed by atoms with Gasteiger partial charge in [0.05, 0.1) is 5.69 Å². The minimum Gasteiger partial charge on any atom is -0.455 e. The summed E-state index contributed by atoms with van der Waals surface area (Å²) in [5.41, 5.74) is 1.46. The summed E-state index contributed by atoms with van der Waals surface area (Å²) in [5, 5.41) is 11.0. The first-order chi connectivity index (χ1) is 14.3. The number of nitrogens with zero attached hydrogens (tertiary/aromatic N) is 2. The summed E-state index contributed by atoms with van der Waals surface area (Å²) < 4.78 is 11.5. The molecule has 4 aromatic rings. The minimum atomic E-state index is -0.159. The fourth-order valence-electron chi connectivity index (χ4n) is 2.76. The summed E-state index contributed by atoms with van der Waals surface area (Å²) in [6, 6.07) is 26.3. The molecule has 0 fully saturated rings. The van der Waals surface area contributed by atoms with Crippen LogP contribution in [0.25, 0.3) is 11.5 Å². The third-order valence-electron chi connectivity index (χ3n) is 4.19. The van der Waals surface area contributed by atoms with E-state index in [1.54, 1.807) is 6.07 Å². The largest absolute Gasteiger partial charge is 0.455 e. The van der Waals surface area contributed by atoms with Gasteiger partial charge in [-0.05, 0) is 36.4 Å². The smallest absolute Gasteiger partial charge is 0.247 e. The van der Waals surface area contributed by atoms with E-state index >= 15 is 0 Å². The Morgan fingerprint density at radius 2 is 1.55 bits per heavy atom. The van der Waals surface area contributed by atoms with E-state index in [4.69, 9.17) is 9.15 Å². The number of nitrogens with one attached hydrogen (secondary N) is 1. The normalized spacial score (nSPS) is 10.5. The molecule has 0 bridgehead atoms. The van der Waals surface area contributed by atoms with Gasteiger partial charge in [0.15, 0.2) is 5.75 Å². The predicted octanol–water partition coefficient (Wildman–Crippen LogP) is 5.10. The number of ether oxygens (including phenoxy) is 1. The molecular weight excluding hydrogens is 366 g/mol. The molecule has 0 radical (unpaired) electrons. The second kappa shape index (κ2) is 8.84. The van der Waals surface area contributed by atoms with Crippen molar-refractivity contribution in [3.8, 4) is 23.0 Å². The van der Waals surface area contributed by atoms with E-state index in [-0.39, 0.29) is 12.3 Å². The lowest BCUT2D eigenvalue weighted by atomic mass is 10.2. The van der Waals surface area contributed by atoms with Crippen molar-refractivity contribution >= 4 is 11.6 Å². The SMILES string of the molecule is O=C(CCc1nnc(-c2ccccc2)o1)Nc1ccccc1Oc1ccccc1. The molecule has 1 amide bonds. The summed E-state index contributed by atoms with van der Waals surface area (Å²) in [7, 11) is 0. The van der Waals surface area contributed by atoms with Crippen LogP contribution in [0.5, 0.6) is 11.5 Å². The molecule has 0 aliphatic heterocycles. The zero-order valence-electron chi connectivity index (χ0n) is 15.6. The lowest BCUT2D eigenvalue weighted by Gasteiger charge is -2.12. The number of anilines is 1. The molecule has 144 valence electrons. The molecule has 6 heteroatoms. The van der Waals surface area contributed by atoms with Crippen LogP contribution < -0.4 is 10.1 Å². The third kappa shape index (κ3) is 4.87. The van der Waals surface area contributed by atoms with Gasteiger partial charge in [-0.3, -0.25) is 4.79 Å². The van der Waals surface area contributed by atoms with Crippen LogP contribution in [0.3, 0.4) is 0 Å². The number of amides is 1. The Morgan fingerprint density at radius 3 is 2.34 bits per heavy atom. The molecule has 0 saturated heterocycles. The molecule has 3 aromatic carbocycles. The van der Waals surface area contributed by atoms with E-state index in [1.807, 2.05) is 78.9 Å². The standard InChI is InChI=1S/C23H19N3O3/c27-21(15-16-22-25-26-23(29-22)17-9-3-1-4-10-17)24-19-13-7-8-14-20(19)28-18-11-5-2-6-12-18/h1-14H,15-16H2,(H,24,27). The van der Waals surface area contributed by atoms with E-state index in [1.165, 1.54) is 0 Å². The first-order valence-electron chi connectivity index (χ1n) is 9.27. The van der Waals surface area contributed by atoms with E-state index < -0.39 is 0 Å². The van der Waals surface area contributed by atoms with Gasteiger partial charge in [0.1, 0.15) is 5.75 Å². The van der Waals surface area contributed by atoms with Gasteiger partial charge in [-0.15, -0.1) is 10.2 Å². The summed E-state index contributed by atoms with van der Waals surface area (Å²) in [5.74, 6) is 1.99. The molecule has 4 rings (SSSR count). The number of hydrogen-bond acceptors (Lipinski definition) is 5. The van der Waals surface area contributed by atoms with Gasteiger partial charge in [-0.2, -0.15) is 0 Å². The highest BCUT2D eigenvalue weighted by molar-refractivity contribution is 5.92. The number of para-hydroxylation sites is 3. The molecule has 1 heterocycles. The average molecular weight is 385 g/mol. The van der Waals surface area contributed by atoms with Gasteiger partial charge in [-0.1, -0.05) is 48.5 Å². The highest BCUT2D eigenvalue weighted by Gasteiger charge is 2.12. The van der Waals surface area contributed by atoms with E-state index in [2.05, 4.69) is 15.5 Å². The molecule has 1 N–H and O–H groups in total. The van der Waals surface area contributed by atoms with Crippen molar-refractivity contribution in [3.05, 3.63) is 90.8 Å². The van der Waals surface area contributed by atoms with Crippen LogP contribution in [0.4, 0.5) is 5.69 Å². The zero-order chi connectivity index (χ0) is 19.9. The molecule has 0 aliphatic carbocycles. The van der Waals surface area contributed by atoms with Gasteiger partial charge < -0.3 is 14.5 Å². The highest BCUT2D eigenvalue weighted by atomic mass is 16.5. The van der Waals surface area contributed by atoms with Crippen molar-refractivity contribution < 1.29 is 13.9 Å². The topological polar surface area (TPSA) is 77.2 Å². The molecule has 0 saturated carbocycles. The lowest BCUT2D eigenvalue weighted by Crippen LogP contribution is -2.13. The molecule has 0 atom stereocenters. The Morgan fingerprint density at radius 1 is 0.862 bits per heavy atom. The molecular formula is C23H19N3O3. The fraction of sp³-hybridized carbons (Fsp3) is 0.0870. The minimum absolute atomic E-state index is 0.159. The quantitative estimate of drug-likeness (QED) is 0.479. The number of aryl methyl sites for hydroxylation is 1. The number of aromatic nitrogens is 2. The van der Waals surface area contributed by atoms with Gasteiger partial charge >= 0.3 is 0 Å². The Kier molecular flexibility index (Phi) is 5.62. The fourth-order valence-corrected chi connectivity index (χ4v) is 2.76. The van der Waals surface area contributed by atoms with Crippen molar-refractivity contribution in [1.82, 2.24) is 10.2 Å². The Bertz CT molecular complexity index is 1080. The Balaban J connectivity index is 1.36. The Labute approximate surface area is 168 Å². The maximum Gasteiger partial charge on any atom is 0.247 e. The molecule has 29 heavy (non-hydrogen) atoms.